The lowest BCUT2D eigenvalue weighted by Gasteiger charge is -2.07. The Balaban J connectivity index is 3.00. The molecule has 0 unspecified atom stereocenters. The van der Waals surface area contributed by atoms with Crippen molar-refractivity contribution < 1.29 is 28.7 Å². The Morgan fingerprint density at radius 2 is 1.78 bits per heavy atom. The Morgan fingerprint density at radius 3 is 2.37 bits per heavy atom. The molecule has 148 valence electrons. The fourth-order valence-corrected chi connectivity index (χ4v) is 3.10. The molecule has 1 aromatic heterocycles. The van der Waals surface area contributed by atoms with Gasteiger partial charge in [0, 0.05) is 7.05 Å². The number of carbonyl (C=O) groups excluding carboxylic acids is 4. The van der Waals surface area contributed by atoms with Gasteiger partial charge in [0.2, 0.25) is 11.8 Å². The van der Waals surface area contributed by atoms with E-state index in [1.165, 1.54) is 13.1 Å². The fourth-order valence-electron chi connectivity index (χ4n) is 1.99. The zero-order chi connectivity index (χ0) is 20.4. The maximum Gasteiger partial charge on any atom is 0.348 e. The van der Waals surface area contributed by atoms with E-state index >= 15 is 0 Å². The van der Waals surface area contributed by atoms with E-state index in [2.05, 4.69) is 22.5 Å². The number of rotatable bonds is 10. The van der Waals surface area contributed by atoms with Crippen molar-refractivity contribution in [2.45, 2.75) is 13.8 Å². The number of carbonyl (C=O) groups is 4. The van der Waals surface area contributed by atoms with Gasteiger partial charge in [-0.3, -0.25) is 14.9 Å². The molecule has 27 heavy (non-hydrogen) atoms. The minimum atomic E-state index is -0.650. The molecule has 0 radical (unpaired) electrons. The smallest absolute Gasteiger partial charge is 0.348 e. The van der Waals surface area contributed by atoms with Crippen molar-refractivity contribution in [3.8, 4) is 0 Å². The summed E-state index contributed by atoms with van der Waals surface area (Å²) in [5.41, 5.74) is 0.466. The van der Waals surface area contributed by atoms with Crippen molar-refractivity contribution in [1.29, 1.82) is 0 Å². The Bertz CT molecular complexity index is 728. The summed E-state index contributed by atoms with van der Waals surface area (Å²) >= 11 is 0.923. The molecule has 2 amide bonds. The van der Waals surface area contributed by atoms with Gasteiger partial charge < -0.3 is 20.1 Å². The van der Waals surface area contributed by atoms with Crippen LogP contribution in [0.4, 0.5) is 5.00 Å². The number of hydrogen-bond acceptors (Lipinski definition) is 8. The van der Waals surface area contributed by atoms with Crippen molar-refractivity contribution >= 4 is 40.1 Å². The number of hydrogen-bond donors (Lipinski definition) is 3. The van der Waals surface area contributed by atoms with Crippen LogP contribution in [0, 0.1) is 6.92 Å². The summed E-state index contributed by atoms with van der Waals surface area (Å²) in [6.45, 7) is 6.69. The third-order valence-corrected chi connectivity index (χ3v) is 4.43. The summed E-state index contributed by atoms with van der Waals surface area (Å²) in [7, 11) is 1.48. The van der Waals surface area contributed by atoms with Crippen LogP contribution in [0.15, 0.2) is 12.7 Å². The average Bonchev–Trinajstić information content (AvgIpc) is 2.95. The van der Waals surface area contributed by atoms with Gasteiger partial charge in [-0.15, -0.1) is 11.3 Å². The van der Waals surface area contributed by atoms with Crippen LogP contribution >= 0.6 is 11.3 Å². The molecule has 0 aliphatic heterocycles. The Kier molecular flexibility index (Phi) is 9.17. The Hall–Kier alpha value is -2.72. The normalized spacial score (nSPS) is 10.0. The molecule has 10 heteroatoms. The second-order valence-electron chi connectivity index (χ2n) is 5.19. The van der Waals surface area contributed by atoms with Gasteiger partial charge in [-0.2, -0.15) is 0 Å². The van der Waals surface area contributed by atoms with E-state index in [4.69, 9.17) is 9.47 Å². The Labute approximate surface area is 161 Å². The van der Waals surface area contributed by atoms with E-state index in [1.54, 1.807) is 13.8 Å². The summed E-state index contributed by atoms with van der Waals surface area (Å²) in [5, 5.41) is 7.83. The van der Waals surface area contributed by atoms with Gasteiger partial charge in [0.05, 0.1) is 25.3 Å². The lowest BCUT2D eigenvalue weighted by Crippen LogP contribution is -2.36. The van der Waals surface area contributed by atoms with Crippen LogP contribution < -0.4 is 16.0 Å². The summed E-state index contributed by atoms with van der Waals surface area (Å²) in [5.74, 6) is -2.02. The quantitative estimate of drug-likeness (QED) is 0.395. The van der Waals surface area contributed by atoms with Gasteiger partial charge >= 0.3 is 11.9 Å². The minimum Gasteiger partial charge on any atom is -0.462 e. The number of esters is 2. The molecule has 9 nitrogen and oxygen atoms in total. The van der Waals surface area contributed by atoms with E-state index < -0.39 is 17.8 Å². The molecule has 1 rings (SSSR count). The zero-order valence-corrected chi connectivity index (χ0v) is 16.3. The molecule has 0 saturated heterocycles. The van der Waals surface area contributed by atoms with Gasteiger partial charge in [0.15, 0.2) is 0 Å². The third kappa shape index (κ3) is 6.50. The van der Waals surface area contributed by atoms with Crippen molar-refractivity contribution in [3.05, 3.63) is 28.7 Å². The average molecular weight is 397 g/mol. The summed E-state index contributed by atoms with van der Waals surface area (Å²) < 4.78 is 10.0. The number of nitrogens with one attached hydrogen (secondary N) is 3. The van der Waals surface area contributed by atoms with Crippen molar-refractivity contribution in [2.75, 3.05) is 38.7 Å². The summed E-state index contributed by atoms with van der Waals surface area (Å²) in [6.07, 6.45) is 1.42. The van der Waals surface area contributed by atoms with Gasteiger partial charge in [-0.05, 0) is 19.4 Å². The number of anilines is 1. The number of thiophene rings is 1. The predicted molar refractivity (Wildman–Crippen MR) is 101 cm³/mol. The second kappa shape index (κ2) is 11.1. The van der Waals surface area contributed by atoms with Crippen LogP contribution in [0.2, 0.25) is 0 Å². The van der Waals surface area contributed by atoms with Crippen molar-refractivity contribution in [1.82, 2.24) is 10.6 Å². The van der Waals surface area contributed by atoms with Crippen molar-refractivity contribution in [2.24, 2.45) is 0 Å². The number of amides is 2. The van der Waals surface area contributed by atoms with E-state index in [1.807, 2.05) is 0 Å². The maximum atomic E-state index is 12.3. The first-order valence-electron chi connectivity index (χ1n) is 8.15. The topological polar surface area (TPSA) is 123 Å². The van der Waals surface area contributed by atoms with Gasteiger partial charge in [0.1, 0.15) is 16.5 Å². The number of ether oxygens (including phenoxy) is 2. The molecule has 1 heterocycles. The first-order valence-corrected chi connectivity index (χ1v) is 8.96. The molecule has 0 atom stereocenters. The molecule has 0 spiro atoms. The minimum absolute atomic E-state index is 0.0238. The third-order valence-electron chi connectivity index (χ3n) is 3.25. The van der Waals surface area contributed by atoms with E-state index in [0.717, 1.165) is 11.3 Å². The van der Waals surface area contributed by atoms with Crippen LogP contribution in [-0.4, -0.2) is 57.1 Å². The highest BCUT2D eigenvalue weighted by atomic mass is 32.1. The van der Waals surface area contributed by atoms with Crippen LogP contribution in [0.25, 0.3) is 0 Å². The molecule has 1 aromatic rings. The maximum absolute atomic E-state index is 12.3. The predicted octanol–water partition coefficient (Wildman–Crippen LogP) is 0.850. The van der Waals surface area contributed by atoms with Gasteiger partial charge in [-0.25, -0.2) is 9.59 Å². The van der Waals surface area contributed by atoms with E-state index in [0.29, 0.717) is 5.56 Å². The van der Waals surface area contributed by atoms with Crippen LogP contribution in [0.1, 0.15) is 32.5 Å². The molecule has 0 bridgehead atoms. The van der Waals surface area contributed by atoms with Crippen LogP contribution in [0.3, 0.4) is 0 Å². The van der Waals surface area contributed by atoms with E-state index in [9.17, 15) is 19.2 Å². The second-order valence-corrected chi connectivity index (χ2v) is 6.21. The van der Waals surface area contributed by atoms with Crippen molar-refractivity contribution in [3.63, 3.8) is 0 Å². The SMILES string of the molecule is C=CCOC(=O)c1sc(NC(=O)CNCC(=O)NC)c(C(=O)OCC)c1C. The molecule has 0 aliphatic rings. The molecular weight excluding hydrogens is 374 g/mol. The first-order chi connectivity index (χ1) is 12.8. The first kappa shape index (κ1) is 22.3. The standard InChI is InChI=1S/C17H23N3O6S/c1-5-7-26-17(24)14-10(3)13(16(23)25-6-2)15(27-14)20-12(22)9-19-8-11(21)18-4/h5,19H,1,6-9H2,2-4H3,(H,18,21)(H,20,22). The highest BCUT2D eigenvalue weighted by Crippen LogP contribution is 2.34. The Morgan fingerprint density at radius 1 is 1.11 bits per heavy atom. The zero-order valence-electron chi connectivity index (χ0n) is 15.5. The lowest BCUT2D eigenvalue weighted by atomic mass is 10.1. The highest BCUT2D eigenvalue weighted by Gasteiger charge is 2.27. The lowest BCUT2D eigenvalue weighted by molar-refractivity contribution is -0.120. The fraction of sp³-hybridized carbons (Fsp3) is 0.412. The highest BCUT2D eigenvalue weighted by molar-refractivity contribution is 7.18. The molecule has 3 N–H and O–H groups in total. The van der Waals surface area contributed by atoms with Gasteiger partial charge in [0.25, 0.3) is 0 Å². The van der Waals surface area contributed by atoms with Crippen LogP contribution in [-0.2, 0) is 19.1 Å². The molecule has 0 saturated carbocycles. The monoisotopic (exact) mass is 397 g/mol. The molecular formula is C17H23N3O6S. The van der Waals surface area contributed by atoms with Gasteiger partial charge in [-0.1, -0.05) is 12.7 Å². The largest absolute Gasteiger partial charge is 0.462 e. The molecule has 0 fully saturated rings. The summed E-state index contributed by atoms with van der Waals surface area (Å²) in [6, 6.07) is 0. The molecule has 0 aromatic carbocycles. The molecule has 0 aliphatic carbocycles. The van der Waals surface area contributed by atoms with Crippen LogP contribution in [0.5, 0.6) is 0 Å². The summed E-state index contributed by atoms with van der Waals surface area (Å²) in [4.78, 5) is 47.9. The number of likely N-dealkylation sites (N-methyl/N-ethyl adjacent to an activating group) is 1. The van der Waals surface area contributed by atoms with E-state index in [-0.39, 0.29) is 47.7 Å².